The van der Waals surface area contributed by atoms with Crippen molar-refractivity contribution in [2.24, 2.45) is 0 Å². The summed E-state index contributed by atoms with van der Waals surface area (Å²) in [4.78, 5) is 0. The fourth-order valence-corrected chi connectivity index (χ4v) is 1.41. The Bertz CT molecular complexity index is 161. The zero-order chi connectivity index (χ0) is 9.03. The molecule has 0 bridgehead atoms. The third kappa shape index (κ3) is 2.47. The molecule has 0 aromatic rings. The summed E-state index contributed by atoms with van der Waals surface area (Å²) in [6.07, 6.45) is 3.68. The fourth-order valence-electron chi connectivity index (χ4n) is 1.26. The highest BCUT2D eigenvalue weighted by molar-refractivity contribution is 6.18. The minimum Gasteiger partial charge on any atom is -0.347 e. The van der Waals surface area contributed by atoms with Gasteiger partial charge in [0.05, 0.1) is 18.6 Å². The fraction of sp³-hybridized carbons (Fsp3) is 0.778. The number of hydrogen-bond acceptors (Lipinski definition) is 2. The predicted octanol–water partition coefficient (Wildman–Crippen LogP) is 2.32. The van der Waals surface area contributed by atoms with Crippen molar-refractivity contribution >= 4 is 11.6 Å². The van der Waals surface area contributed by atoms with Gasteiger partial charge in [-0.05, 0) is 13.3 Å². The van der Waals surface area contributed by atoms with Crippen molar-refractivity contribution < 1.29 is 9.47 Å². The molecule has 1 fully saturated rings. The Hall–Kier alpha value is -0.0500. The van der Waals surface area contributed by atoms with E-state index in [1.165, 1.54) is 0 Å². The molecule has 0 radical (unpaired) electrons. The average molecular weight is 191 g/mol. The molecule has 2 unspecified atom stereocenters. The van der Waals surface area contributed by atoms with Gasteiger partial charge < -0.3 is 9.47 Å². The Morgan fingerprint density at radius 2 is 2.50 bits per heavy atom. The van der Waals surface area contributed by atoms with Gasteiger partial charge in [0.15, 0.2) is 5.79 Å². The number of hydrogen-bond donors (Lipinski definition) is 0. The molecular weight excluding hydrogens is 176 g/mol. The lowest BCUT2D eigenvalue weighted by Crippen LogP contribution is -2.26. The summed E-state index contributed by atoms with van der Waals surface area (Å²) in [7, 11) is 0. The highest BCUT2D eigenvalue weighted by atomic mass is 35.5. The van der Waals surface area contributed by atoms with Crippen molar-refractivity contribution in [3.63, 3.8) is 0 Å². The van der Waals surface area contributed by atoms with Crippen molar-refractivity contribution in [2.75, 3.05) is 12.5 Å². The number of alkyl halides is 1. The van der Waals surface area contributed by atoms with Gasteiger partial charge in [-0.3, -0.25) is 0 Å². The third-order valence-corrected chi connectivity index (χ3v) is 2.31. The van der Waals surface area contributed by atoms with Crippen molar-refractivity contribution in [3.8, 4) is 0 Å². The van der Waals surface area contributed by atoms with Crippen LogP contribution in [0.1, 0.15) is 19.8 Å². The van der Waals surface area contributed by atoms with Crippen LogP contribution in [0, 0.1) is 0 Å². The van der Waals surface area contributed by atoms with Gasteiger partial charge in [-0.2, -0.15) is 0 Å². The van der Waals surface area contributed by atoms with E-state index in [4.69, 9.17) is 21.1 Å². The van der Waals surface area contributed by atoms with Crippen LogP contribution in [0.4, 0.5) is 0 Å². The molecule has 2 nitrogen and oxygen atoms in total. The molecule has 0 saturated carbocycles. The van der Waals surface area contributed by atoms with E-state index < -0.39 is 5.79 Å². The zero-order valence-corrected chi connectivity index (χ0v) is 8.14. The molecule has 0 N–H and O–H groups in total. The molecule has 0 aromatic carbocycles. The van der Waals surface area contributed by atoms with Crippen LogP contribution in [0.3, 0.4) is 0 Å². The van der Waals surface area contributed by atoms with E-state index in [1.54, 1.807) is 0 Å². The standard InChI is InChI=1S/C9H15ClO2/c1-3-4-5-9(2)11-7-8(6-10)12-9/h3,8H,1,4-7H2,2H3. The maximum atomic E-state index is 5.64. The minimum atomic E-state index is -0.437. The van der Waals surface area contributed by atoms with Crippen LogP contribution in [-0.4, -0.2) is 24.4 Å². The second-order valence-electron chi connectivity index (χ2n) is 3.17. The van der Waals surface area contributed by atoms with Gasteiger partial charge >= 0.3 is 0 Å². The number of allylic oxidation sites excluding steroid dienone is 1. The Morgan fingerprint density at radius 3 is 3.00 bits per heavy atom. The van der Waals surface area contributed by atoms with E-state index in [0.29, 0.717) is 12.5 Å². The van der Waals surface area contributed by atoms with Crippen LogP contribution in [-0.2, 0) is 9.47 Å². The van der Waals surface area contributed by atoms with Crippen molar-refractivity contribution in [3.05, 3.63) is 12.7 Å². The predicted molar refractivity (Wildman–Crippen MR) is 49.4 cm³/mol. The van der Waals surface area contributed by atoms with Gasteiger partial charge in [-0.15, -0.1) is 18.2 Å². The summed E-state index contributed by atoms with van der Waals surface area (Å²) in [6.45, 7) is 6.21. The number of ether oxygens (including phenoxy) is 2. The third-order valence-electron chi connectivity index (χ3n) is 1.97. The van der Waals surface area contributed by atoms with Gasteiger partial charge in [0.2, 0.25) is 0 Å². The SMILES string of the molecule is C=CCCC1(C)OCC(CCl)O1. The first-order valence-electron chi connectivity index (χ1n) is 4.19. The molecule has 3 heteroatoms. The number of halogens is 1. The molecule has 1 saturated heterocycles. The Morgan fingerprint density at radius 1 is 1.75 bits per heavy atom. The first-order valence-corrected chi connectivity index (χ1v) is 4.72. The highest BCUT2D eigenvalue weighted by Crippen LogP contribution is 2.28. The summed E-state index contributed by atoms with van der Waals surface area (Å²) < 4.78 is 11.1. The maximum Gasteiger partial charge on any atom is 0.166 e. The van der Waals surface area contributed by atoms with Crippen molar-refractivity contribution in [1.82, 2.24) is 0 Å². The molecular formula is C9H15ClO2. The molecule has 0 aliphatic carbocycles. The van der Waals surface area contributed by atoms with E-state index in [1.807, 2.05) is 13.0 Å². The lowest BCUT2D eigenvalue weighted by atomic mass is 10.2. The lowest BCUT2D eigenvalue weighted by molar-refractivity contribution is -0.155. The van der Waals surface area contributed by atoms with E-state index in [2.05, 4.69) is 6.58 Å². The molecule has 12 heavy (non-hydrogen) atoms. The van der Waals surface area contributed by atoms with Crippen LogP contribution in [0.15, 0.2) is 12.7 Å². The molecule has 1 aliphatic rings. The molecule has 1 rings (SSSR count). The first-order chi connectivity index (χ1) is 5.70. The normalized spacial score (nSPS) is 35.3. The summed E-state index contributed by atoms with van der Waals surface area (Å²) >= 11 is 5.64. The quantitative estimate of drug-likeness (QED) is 0.501. The Kier molecular flexibility index (Phi) is 3.56. The largest absolute Gasteiger partial charge is 0.347 e. The molecule has 0 aromatic heterocycles. The van der Waals surface area contributed by atoms with Crippen molar-refractivity contribution in [1.29, 1.82) is 0 Å². The van der Waals surface area contributed by atoms with Crippen LogP contribution >= 0.6 is 11.6 Å². The monoisotopic (exact) mass is 190 g/mol. The summed E-state index contributed by atoms with van der Waals surface area (Å²) in [6, 6.07) is 0. The Labute approximate surface area is 78.5 Å². The molecule has 2 atom stereocenters. The topological polar surface area (TPSA) is 18.5 Å². The second kappa shape index (κ2) is 4.26. The Balaban J connectivity index is 2.35. The average Bonchev–Trinajstić information content (AvgIpc) is 2.45. The molecule has 1 aliphatic heterocycles. The molecule has 0 amide bonds. The van der Waals surface area contributed by atoms with Crippen LogP contribution in [0.2, 0.25) is 0 Å². The lowest BCUT2D eigenvalue weighted by Gasteiger charge is -2.22. The number of rotatable bonds is 4. The van der Waals surface area contributed by atoms with E-state index in [9.17, 15) is 0 Å². The molecule has 1 heterocycles. The maximum absolute atomic E-state index is 5.64. The van der Waals surface area contributed by atoms with Gasteiger partial charge in [0.25, 0.3) is 0 Å². The van der Waals surface area contributed by atoms with Crippen LogP contribution in [0.25, 0.3) is 0 Å². The second-order valence-corrected chi connectivity index (χ2v) is 3.47. The molecule has 70 valence electrons. The van der Waals surface area contributed by atoms with Crippen molar-refractivity contribution in [2.45, 2.75) is 31.7 Å². The smallest absolute Gasteiger partial charge is 0.166 e. The van der Waals surface area contributed by atoms with Gasteiger partial charge in [-0.1, -0.05) is 6.08 Å². The molecule has 0 spiro atoms. The van der Waals surface area contributed by atoms with E-state index in [-0.39, 0.29) is 6.10 Å². The minimum absolute atomic E-state index is 0.0569. The van der Waals surface area contributed by atoms with E-state index >= 15 is 0 Å². The van der Waals surface area contributed by atoms with Gasteiger partial charge in [0.1, 0.15) is 0 Å². The van der Waals surface area contributed by atoms with Gasteiger partial charge in [-0.25, -0.2) is 0 Å². The summed E-state index contributed by atoms with van der Waals surface area (Å²) in [5, 5.41) is 0. The van der Waals surface area contributed by atoms with Crippen LogP contribution < -0.4 is 0 Å². The highest BCUT2D eigenvalue weighted by Gasteiger charge is 2.35. The first kappa shape index (κ1) is 10.0. The summed E-state index contributed by atoms with van der Waals surface area (Å²) in [5.74, 6) is 0.0669. The van der Waals surface area contributed by atoms with Gasteiger partial charge in [0, 0.05) is 6.42 Å². The summed E-state index contributed by atoms with van der Waals surface area (Å²) in [5.41, 5.74) is 0. The van der Waals surface area contributed by atoms with E-state index in [0.717, 1.165) is 12.8 Å². The van der Waals surface area contributed by atoms with Crippen LogP contribution in [0.5, 0.6) is 0 Å². The zero-order valence-electron chi connectivity index (χ0n) is 7.38.